The van der Waals surface area contributed by atoms with Crippen molar-refractivity contribution in [3.63, 3.8) is 0 Å². The third-order valence-electron chi connectivity index (χ3n) is 3.85. The molecule has 1 N–H and O–H groups in total. The van der Waals surface area contributed by atoms with Gasteiger partial charge in [-0.2, -0.15) is 0 Å². The van der Waals surface area contributed by atoms with Gasteiger partial charge in [0.15, 0.2) is 5.79 Å². The summed E-state index contributed by atoms with van der Waals surface area (Å²) in [7, 11) is 0. The lowest BCUT2D eigenvalue weighted by molar-refractivity contribution is -0.177. The smallest absolute Gasteiger partial charge is 0.168 e. The van der Waals surface area contributed by atoms with Crippen molar-refractivity contribution >= 4 is 33.2 Å². The van der Waals surface area contributed by atoms with Crippen molar-refractivity contribution in [2.75, 3.05) is 18.5 Å². The molecule has 3 rings (SSSR count). The Labute approximate surface area is 126 Å². The molecule has 1 aliphatic heterocycles. The highest BCUT2D eigenvalue weighted by molar-refractivity contribution is 9.10. The van der Waals surface area contributed by atoms with E-state index in [9.17, 15) is 0 Å². The van der Waals surface area contributed by atoms with Crippen molar-refractivity contribution < 1.29 is 9.47 Å². The zero-order valence-corrected chi connectivity index (χ0v) is 13.0. The van der Waals surface area contributed by atoms with Gasteiger partial charge in [-0.25, -0.2) is 0 Å². The maximum Gasteiger partial charge on any atom is 0.168 e. The number of halogens is 2. The van der Waals surface area contributed by atoms with E-state index >= 15 is 0 Å². The summed E-state index contributed by atoms with van der Waals surface area (Å²) in [6, 6.07) is 6.26. The third-order valence-corrected chi connectivity index (χ3v) is 4.78. The summed E-state index contributed by atoms with van der Waals surface area (Å²) >= 11 is 9.58. The van der Waals surface area contributed by atoms with Crippen LogP contribution in [0.2, 0.25) is 5.02 Å². The fourth-order valence-electron chi connectivity index (χ4n) is 2.82. The number of rotatable bonds is 2. The molecule has 0 bridgehead atoms. The standard InChI is InChI=1S/C14H17BrClNO2/c15-12-2-1-10(16)9-13(12)17-11-3-5-14(6-4-11)18-7-8-19-14/h1-2,9,11,17H,3-8H2. The van der Waals surface area contributed by atoms with Crippen molar-refractivity contribution in [3.8, 4) is 0 Å². The van der Waals surface area contributed by atoms with Crippen LogP contribution >= 0.6 is 27.5 Å². The van der Waals surface area contributed by atoms with E-state index in [1.807, 2.05) is 18.2 Å². The number of anilines is 1. The van der Waals surface area contributed by atoms with Crippen LogP contribution in [0.25, 0.3) is 0 Å². The van der Waals surface area contributed by atoms with Crippen molar-refractivity contribution in [3.05, 3.63) is 27.7 Å². The zero-order valence-electron chi connectivity index (χ0n) is 10.6. The van der Waals surface area contributed by atoms with Gasteiger partial charge in [0.1, 0.15) is 0 Å². The van der Waals surface area contributed by atoms with E-state index in [1.54, 1.807) is 0 Å². The van der Waals surface area contributed by atoms with Crippen molar-refractivity contribution in [1.82, 2.24) is 0 Å². The van der Waals surface area contributed by atoms with Gasteiger partial charge >= 0.3 is 0 Å². The maximum atomic E-state index is 6.03. The molecule has 1 aromatic rings. The summed E-state index contributed by atoms with van der Waals surface area (Å²) < 4.78 is 12.5. The number of nitrogens with one attached hydrogen (secondary N) is 1. The van der Waals surface area contributed by atoms with E-state index in [1.165, 1.54) is 0 Å². The Balaban J connectivity index is 1.61. The number of benzene rings is 1. The van der Waals surface area contributed by atoms with Gasteiger partial charge in [-0.05, 0) is 47.0 Å². The molecule has 1 saturated heterocycles. The minimum absolute atomic E-state index is 0.288. The molecule has 1 heterocycles. The molecule has 0 amide bonds. The molecule has 1 aromatic carbocycles. The minimum Gasteiger partial charge on any atom is -0.381 e. The molecule has 0 radical (unpaired) electrons. The van der Waals surface area contributed by atoms with Crippen LogP contribution < -0.4 is 5.32 Å². The number of hydrogen-bond donors (Lipinski definition) is 1. The van der Waals surface area contributed by atoms with E-state index in [-0.39, 0.29) is 5.79 Å². The lowest BCUT2D eigenvalue weighted by atomic mass is 9.90. The van der Waals surface area contributed by atoms with Gasteiger partial charge < -0.3 is 14.8 Å². The monoisotopic (exact) mass is 345 g/mol. The molecule has 2 aliphatic rings. The van der Waals surface area contributed by atoms with E-state index in [2.05, 4.69) is 21.2 Å². The molecule has 19 heavy (non-hydrogen) atoms. The Morgan fingerprint density at radius 3 is 2.58 bits per heavy atom. The largest absolute Gasteiger partial charge is 0.381 e. The Hall–Kier alpha value is -0.290. The summed E-state index contributed by atoms with van der Waals surface area (Å²) in [6.07, 6.45) is 4.03. The Morgan fingerprint density at radius 2 is 1.89 bits per heavy atom. The molecule has 1 aliphatic carbocycles. The van der Waals surface area contributed by atoms with Gasteiger partial charge in [-0.1, -0.05) is 11.6 Å². The highest BCUT2D eigenvalue weighted by Crippen LogP contribution is 2.37. The van der Waals surface area contributed by atoms with Gasteiger partial charge in [0, 0.05) is 28.4 Å². The third kappa shape index (κ3) is 3.07. The first-order valence-electron chi connectivity index (χ1n) is 6.66. The molecule has 2 fully saturated rings. The summed E-state index contributed by atoms with van der Waals surface area (Å²) in [5, 5.41) is 4.30. The lowest BCUT2D eigenvalue weighted by Gasteiger charge is -2.36. The van der Waals surface area contributed by atoms with Gasteiger partial charge in [0.2, 0.25) is 0 Å². The van der Waals surface area contributed by atoms with Crippen molar-refractivity contribution in [2.24, 2.45) is 0 Å². The summed E-state index contributed by atoms with van der Waals surface area (Å²) in [5.74, 6) is -0.288. The average Bonchev–Trinajstić information content (AvgIpc) is 2.85. The fourth-order valence-corrected chi connectivity index (χ4v) is 3.35. The predicted octanol–water partition coefficient (Wildman–Crippen LogP) is 4.20. The quantitative estimate of drug-likeness (QED) is 0.870. The molecule has 0 atom stereocenters. The van der Waals surface area contributed by atoms with Crippen LogP contribution in [0, 0.1) is 0 Å². The van der Waals surface area contributed by atoms with Crippen LogP contribution in [-0.2, 0) is 9.47 Å². The Morgan fingerprint density at radius 1 is 1.21 bits per heavy atom. The molecule has 104 valence electrons. The maximum absolute atomic E-state index is 6.03. The van der Waals surface area contributed by atoms with Crippen LogP contribution in [0.1, 0.15) is 25.7 Å². The van der Waals surface area contributed by atoms with E-state index in [4.69, 9.17) is 21.1 Å². The second-order valence-corrected chi connectivity index (χ2v) is 6.44. The number of ether oxygens (including phenoxy) is 2. The molecule has 0 aromatic heterocycles. The summed E-state index contributed by atoms with van der Waals surface area (Å²) in [5.41, 5.74) is 1.06. The van der Waals surface area contributed by atoms with Crippen LogP contribution in [-0.4, -0.2) is 25.0 Å². The average molecular weight is 347 g/mol. The van der Waals surface area contributed by atoms with E-state index in [0.29, 0.717) is 6.04 Å². The van der Waals surface area contributed by atoms with Crippen LogP contribution in [0.3, 0.4) is 0 Å². The minimum atomic E-state index is -0.288. The molecule has 1 spiro atoms. The SMILES string of the molecule is Clc1ccc(Br)c(NC2CCC3(CC2)OCCO3)c1. The van der Waals surface area contributed by atoms with Gasteiger partial charge in [-0.3, -0.25) is 0 Å². The molecule has 5 heteroatoms. The summed E-state index contributed by atoms with van der Waals surface area (Å²) in [6.45, 7) is 1.47. The van der Waals surface area contributed by atoms with Crippen molar-refractivity contribution in [1.29, 1.82) is 0 Å². The van der Waals surface area contributed by atoms with Gasteiger partial charge in [0.25, 0.3) is 0 Å². The zero-order chi connectivity index (χ0) is 13.3. The Bertz CT molecular complexity index is 453. The lowest BCUT2D eigenvalue weighted by Crippen LogP contribution is -2.39. The van der Waals surface area contributed by atoms with Crippen LogP contribution in [0.15, 0.2) is 22.7 Å². The normalized spacial score (nSPS) is 22.8. The van der Waals surface area contributed by atoms with E-state index in [0.717, 1.165) is 54.1 Å². The fraction of sp³-hybridized carbons (Fsp3) is 0.571. The first kappa shape index (κ1) is 13.7. The molecular weight excluding hydrogens is 330 g/mol. The molecule has 1 saturated carbocycles. The highest BCUT2D eigenvalue weighted by atomic mass is 79.9. The Kier molecular flexibility index (Phi) is 4.03. The van der Waals surface area contributed by atoms with Crippen LogP contribution in [0.5, 0.6) is 0 Å². The summed E-state index contributed by atoms with van der Waals surface area (Å²) in [4.78, 5) is 0. The van der Waals surface area contributed by atoms with Crippen LogP contribution in [0.4, 0.5) is 5.69 Å². The second kappa shape index (κ2) is 5.60. The van der Waals surface area contributed by atoms with Gasteiger partial charge in [-0.15, -0.1) is 0 Å². The highest BCUT2D eigenvalue weighted by Gasteiger charge is 2.40. The predicted molar refractivity (Wildman–Crippen MR) is 79.7 cm³/mol. The first-order chi connectivity index (χ1) is 9.17. The second-order valence-electron chi connectivity index (χ2n) is 5.15. The first-order valence-corrected chi connectivity index (χ1v) is 7.83. The number of hydrogen-bond acceptors (Lipinski definition) is 3. The topological polar surface area (TPSA) is 30.5 Å². The van der Waals surface area contributed by atoms with Gasteiger partial charge in [0.05, 0.1) is 18.9 Å². The molecule has 0 unspecified atom stereocenters. The molecule has 3 nitrogen and oxygen atoms in total. The van der Waals surface area contributed by atoms with E-state index < -0.39 is 0 Å². The molecular formula is C14H17BrClNO2. The van der Waals surface area contributed by atoms with Crippen molar-refractivity contribution in [2.45, 2.75) is 37.5 Å².